The van der Waals surface area contributed by atoms with Crippen molar-refractivity contribution in [2.75, 3.05) is 13.1 Å². The van der Waals surface area contributed by atoms with Crippen molar-refractivity contribution in [1.29, 1.82) is 0 Å². The Bertz CT molecular complexity index is 784. The number of benzene rings is 1. The van der Waals surface area contributed by atoms with Crippen LogP contribution in [-0.2, 0) is 10.0 Å². The van der Waals surface area contributed by atoms with Crippen LogP contribution in [0.25, 0.3) is 0 Å². The van der Waals surface area contributed by atoms with Crippen LogP contribution in [0.1, 0.15) is 17.9 Å². The molecule has 0 spiro atoms. The van der Waals surface area contributed by atoms with Crippen LogP contribution in [0.3, 0.4) is 0 Å². The number of H-pyrrole nitrogens is 1. The first kappa shape index (κ1) is 14.0. The summed E-state index contributed by atoms with van der Waals surface area (Å²) in [7, 11) is -3.72. The number of aromatic nitrogens is 1. The van der Waals surface area contributed by atoms with Gasteiger partial charge in [0.2, 0.25) is 15.5 Å². The summed E-state index contributed by atoms with van der Waals surface area (Å²) < 4.78 is 26.5. The van der Waals surface area contributed by atoms with Crippen LogP contribution >= 0.6 is 0 Å². The lowest BCUT2D eigenvalue weighted by atomic mass is 9.99. The van der Waals surface area contributed by atoms with Gasteiger partial charge in [0.1, 0.15) is 4.90 Å². The minimum absolute atomic E-state index is 0.182. The van der Waals surface area contributed by atoms with E-state index in [0.717, 1.165) is 12.0 Å². The maximum absolute atomic E-state index is 12.5. The summed E-state index contributed by atoms with van der Waals surface area (Å²) >= 11 is 0. The molecule has 1 aliphatic heterocycles. The predicted octanol–water partition coefficient (Wildman–Crippen LogP) is 1.55. The van der Waals surface area contributed by atoms with Gasteiger partial charge in [-0.1, -0.05) is 30.3 Å². The molecule has 2 aromatic rings. The predicted molar refractivity (Wildman–Crippen MR) is 79.6 cm³/mol. The Morgan fingerprint density at radius 3 is 2.62 bits per heavy atom. The molecule has 1 aromatic heterocycles. The molecule has 1 saturated heterocycles. The molecule has 5 nitrogen and oxygen atoms in total. The van der Waals surface area contributed by atoms with E-state index in [2.05, 4.69) is 4.98 Å². The molecule has 1 unspecified atom stereocenters. The molecule has 1 fully saturated rings. The summed E-state index contributed by atoms with van der Waals surface area (Å²) in [6.07, 6.45) is 3.46. The highest BCUT2D eigenvalue weighted by molar-refractivity contribution is 7.89. The molecule has 6 heteroatoms. The van der Waals surface area contributed by atoms with E-state index >= 15 is 0 Å². The van der Waals surface area contributed by atoms with Crippen molar-refractivity contribution < 1.29 is 8.42 Å². The molecular formula is C15H16N2O3S. The van der Waals surface area contributed by atoms with Gasteiger partial charge in [-0.15, -0.1) is 0 Å². The van der Waals surface area contributed by atoms with Gasteiger partial charge in [0.05, 0.1) is 0 Å². The Morgan fingerprint density at radius 2 is 1.90 bits per heavy atom. The van der Waals surface area contributed by atoms with Crippen molar-refractivity contribution in [3.63, 3.8) is 0 Å². The normalized spacial score (nSPS) is 19.7. The van der Waals surface area contributed by atoms with Gasteiger partial charge in [0.25, 0.3) is 0 Å². The topological polar surface area (TPSA) is 70.2 Å². The van der Waals surface area contributed by atoms with Gasteiger partial charge in [0, 0.05) is 31.5 Å². The Kier molecular flexibility index (Phi) is 3.65. The molecule has 0 radical (unpaired) electrons. The Morgan fingerprint density at radius 1 is 1.14 bits per heavy atom. The van der Waals surface area contributed by atoms with Crippen LogP contribution in [-0.4, -0.2) is 30.8 Å². The second kappa shape index (κ2) is 5.46. The number of sulfonamides is 1. The maximum atomic E-state index is 12.5. The third kappa shape index (κ3) is 2.64. The number of aromatic amines is 1. The summed E-state index contributed by atoms with van der Waals surface area (Å²) in [5, 5.41) is 0. The molecule has 0 aliphatic carbocycles. The number of pyridine rings is 1. The molecule has 2 heterocycles. The molecule has 1 aromatic carbocycles. The number of rotatable bonds is 3. The fourth-order valence-electron chi connectivity index (χ4n) is 2.69. The summed E-state index contributed by atoms with van der Waals surface area (Å²) in [5.74, 6) is 0.184. The number of hydrogen-bond acceptors (Lipinski definition) is 3. The maximum Gasteiger partial charge on any atom is 0.248 e. The highest BCUT2D eigenvalue weighted by Gasteiger charge is 2.34. The van der Waals surface area contributed by atoms with Crippen molar-refractivity contribution in [2.24, 2.45) is 0 Å². The third-order valence-electron chi connectivity index (χ3n) is 3.83. The van der Waals surface area contributed by atoms with Crippen LogP contribution < -0.4 is 5.43 Å². The minimum atomic E-state index is -3.72. The van der Waals surface area contributed by atoms with E-state index in [4.69, 9.17) is 0 Å². The lowest BCUT2D eigenvalue weighted by Crippen LogP contribution is -2.32. The van der Waals surface area contributed by atoms with Crippen molar-refractivity contribution in [3.05, 3.63) is 64.6 Å². The summed E-state index contributed by atoms with van der Waals surface area (Å²) in [6, 6.07) is 11.1. The van der Waals surface area contributed by atoms with E-state index in [0.29, 0.717) is 13.1 Å². The van der Waals surface area contributed by atoms with Gasteiger partial charge in [0.15, 0.2) is 0 Å². The van der Waals surface area contributed by atoms with Gasteiger partial charge < -0.3 is 4.98 Å². The highest BCUT2D eigenvalue weighted by Crippen LogP contribution is 2.30. The zero-order valence-corrected chi connectivity index (χ0v) is 12.2. The van der Waals surface area contributed by atoms with Crippen LogP contribution in [0.5, 0.6) is 0 Å². The van der Waals surface area contributed by atoms with Crippen LogP contribution in [0.2, 0.25) is 0 Å². The molecule has 0 bridgehead atoms. The van der Waals surface area contributed by atoms with Crippen LogP contribution in [0.15, 0.2) is 58.5 Å². The highest BCUT2D eigenvalue weighted by atomic mass is 32.2. The van der Waals surface area contributed by atoms with Gasteiger partial charge >= 0.3 is 0 Å². The summed E-state index contributed by atoms with van der Waals surface area (Å²) in [6.45, 7) is 0.858. The quantitative estimate of drug-likeness (QED) is 0.935. The molecular weight excluding hydrogens is 288 g/mol. The number of nitrogens with zero attached hydrogens (tertiary/aromatic N) is 1. The average Bonchev–Trinajstić information content (AvgIpc) is 2.99. The Labute approximate surface area is 123 Å². The smallest absolute Gasteiger partial charge is 0.248 e. The van der Waals surface area contributed by atoms with E-state index in [1.807, 2.05) is 30.3 Å². The van der Waals surface area contributed by atoms with Crippen molar-refractivity contribution in [1.82, 2.24) is 9.29 Å². The monoisotopic (exact) mass is 304 g/mol. The summed E-state index contributed by atoms with van der Waals surface area (Å²) in [4.78, 5) is 14.2. The van der Waals surface area contributed by atoms with E-state index in [-0.39, 0.29) is 10.8 Å². The Balaban J connectivity index is 1.86. The molecule has 3 rings (SSSR count). The standard InChI is InChI=1S/C15H16N2O3S/c18-14-6-8-16-10-15(14)21(19,20)17-9-7-13(11-17)12-4-2-1-3-5-12/h1-6,8,10,13H,7,9,11H2,(H,16,18). The van der Waals surface area contributed by atoms with E-state index in [1.54, 1.807) is 0 Å². The van der Waals surface area contributed by atoms with Crippen molar-refractivity contribution in [2.45, 2.75) is 17.2 Å². The van der Waals surface area contributed by atoms with Gasteiger partial charge in [-0.2, -0.15) is 4.31 Å². The second-order valence-electron chi connectivity index (χ2n) is 5.13. The van der Waals surface area contributed by atoms with E-state index in [1.165, 1.54) is 22.8 Å². The molecule has 1 aliphatic rings. The molecule has 21 heavy (non-hydrogen) atoms. The first-order valence-electron chi connectivity index (χ1n) is 6.81. The number of nitrogens with one attached hydrogen (secondary N) is 1. The Hall–Kier alpha value is -1.92. The largest absolute Gasteiger partial charge is 0.366 e. The van der Waals surface area contributed by atoms with Crippen LogP contribution in [0, 0.1) is 0 Å². The SMILES string of the molecule is O=c1cc[nH]cc1S(=O)(=O)N1CCC(c2ccccc2)C1. The lowest BCUT2D eigenvalue weighted by molar-refractivity contribution is 0.472. The van der Waals surface area contributed by atoms with Crippen molar-refractivity contribution in [3.8, 4) is 0 Å². The lowest BCUT2D eigenvalue weighted by Gasteiger charge is -2.16. The van der Waals surface area contributed by atoms with E-state index < -0.39 is 15.5 Å². The second-order valence-corrected chi connectivity index (χ2v) is 7.04. The molecule has 0 saturated carbocycles. The molecule has 1 atom stereocenters. The van der Waals surface area contributed by atoms with Gasteiger partial charge in [-0.05, 0) is 17.9 Å². The first-order chi connectivity index (χ1) is 10.1. The molecule has 110 valence electrons. The average molecular weight is 304 g/mol. The molecule has 0 amide bonds. The summed E-state index contributed by atoms with van der Waals surface area (Å²) in [5.41, 5.74) is 0.661. The molecule has 1 N–H and O–H groups in total. The number of hydrogen-bond donors (Lipinski definition) is 1. The fourth-order valence-corrected chi connectivity index (χ4v) is 4.22. The van der Waals surface area contributed by atoms with Gasteiger partial charge in [-0.3, -0.25) is 4.79 Å². The minimum Gasteiger partial charge on any atom is -0.366 e. The first-order valence-corrected chi connectivity index (χ1v) is 8.25. The van der Waals surface area contributed by atoms with Crippen LogP contribution in [0.4, 0.5) is 0 Å². The third-order valence-corrected chi connectivity index (χ3v) is 5.71. The van der Waals surface area contributed by atoms with Gasteiger partial charge in [-0.25, -0.2) is 8.42 Å². The van der Waals surface area contributed by atoms with Crippen molar-refractivity contribution >= 4 is 10.0 Å². The van der Waals surface area contributed by atoms with E-state index in [9.17, 15) is 13.2 Å². The zero-order valence-electron chi connectivity index (χ0n) is 11.4. The zero-order chi connectivity index (χ0) is 14.9. The fraction of sp³-hybridized carbons (Fsp3) is 0.267.